The Labute approximate surface area is 136 Å². The highest BCUT2D eigenvalue weighted by Crippen LogP contribution is 2.28. The summed E-state index contributed by atoms with van der Waals surface area (Å²) in [7, 11) is -3.15. The van der Waals surface area contributed by atoms with E-state index < -0.39 is 10.0 Å². The van der Waals surface area contributed by atoms with Crippen LogP contribution in [0, 0.1) is 13.8 Å². The number of hydrogen-bond acceptors (Lipinski definition) is 5. The summed E-state index contributed by atoms with van der Waals surface area (Å²) in [5.41, 5.74) is 5.26. The Bertz CT molecular complexity index is 808. The Morgan fingerprint density at radius 1 is 1.35 bits per heavy atom. The first-order valence-electron chi connectivity index (χ1n) is 7.58. The van der Waals surface area contributed by atoms with Gasteiger partial charge in [0.1, 0.15) is 5.76 Å². The van der Waals surface area contributed by atoms with Crippen molar-refractivity contribution < 1.29 is 12.9 Å². The number of anilines is 1. The van der Waals surface area contributed by atoms with Gasteiger partial charge in [0.15, 0.2) is 0 Å². The van der Waals surface area contributed by atoms with Crippen LogP contribution in [0.2, 0.25) is 0 Å². The zero-order chi connectivity index (χ0) is 16.6. The summed E-state index contributed by atoms with van der Waals surface area (Å²) in [6, 6.07) is 5.99. The fraction of sp³-hybridized carbons (Fsp3) is 0.438. The third-order valence-corrected chi connectivity index (χ3v) is 5.59. The van der Waals surface area contributed by atoms with Gasteiger partial charge in [-0.05, 0) is 37.5 Å². The number of aryl methyl sites for hydroxylation is 2. The average molecular weight is 335 g/mol. The minimum atomic E-state index is -3.15. The standard InChI is InChI=1S/C16H21N3O3S/c1-11-15(12(2)22-18-11)9-17-16-6-4-5-13-10-19(23(3,20)21)8-7-14(13)16/h4-6,17H,7-10H2,1-3H3. The Kier molecular flexibility index (Phi) is 4.16. The number of nitrogens with one attached hydrogen (secondary N) is 1. The van der Waals surface area contributed by atoms with Crippen LogP contribution >= 0.6 is 0 Å². The van der Waals surface area contributed by atoms with Gasteiger partial charge in [-0.15, -0.1) is 0 Å². The van der Waals surface area contributed by atoms with Crippen molar-refractivity contribution in [3.8, 4) is 0 Å². The first-order valence-corrected chi connectivity index (χ1v) is 9.42. The van der Waals surface area contributed by atoms with Crippen molar-refractivity contribution >= 4 is 15.7 Å². The zero-order valence-electron chi connectivity index (χ0n) is 13.6. The van der Waals surface area contributed by atoms with Crippen molar-refractivity contribution in [2.45, 2.75) is 33.4 Å². The lowest BCUT2D eigenvalue weighted by atomic mass is 9.99. The highest BCUT2D eigenvalue weighted by molar-refractivity contribution is 7.88. The lowest BCUT2D eigenvalue weighted by molar-refractivity contribution is 0.392. The molecule has 0 fully saturated rings. The Morgan fingerprint density at radius 2 is 2.13 bits per heavy atom. The number of fused-ring (bicyclic) bond motifs is 1. The lowest BCUT2D eigenvalue weighted by Gasteiger charge is -2.28. The number of sulfonamides is 1. The predicted molar refractivity (Wildman–Crippen MR) is 88.7 cm³/mol. The maximum Gasteiger partial charge on any atom is 0.211 e. The average Bonchev–Trinajstić information content (AvgIpc) is 2.82. The molecule has 0 bridgehead atoms. The molecule has 1 N–H and O–H groups in total. The van der Waals surface area contributed by atoms with Crippen LogP contribution in [-0.4, -0.2) is 30.7 Å². The van der Waals surface area contributed by atoms with E-state index >= 15 is 0 Å². The molecule has 1 aliphatic rings. The molecule has 0 radical (unpaired) electrons. The second-order valence-electron chi connectivity index (χ2n) is 5.95. The monoisotopic (exact) mass is 335 g/mol. The molecule has 0 spiro atoms. The molecule has 2 heterocycles. The van der Waals surface area contributed by atoms with Crippen LogP contribution in [0.25, 0.3) is 0 Å². The van der Waals surface area contributed by atoms with Gasteiger partial charge in [0.25, 0.3) is 0 Å². The molecule has 124 valence electrons. The molecular formula is C16H21N3O3S. The first-order chi connectivity index (χ1) is 10.9. The van der Waals surface area contributed by atoms with E-state index in [1.807, 2.05) is 32.0 Å². The van der Waals surface area contributed by atoms with Gasteiger partial charge in [-0.25, -0.2) is 8.42 Å². The van der Waals surface area contributed by atoms with Crippen molar-refractivity contribution in [3.63, 3.8) is 0 Å². The third-order valence-electron chi connectivity index (χ3n) is 4.34. The van der Waals surface area contributed by atoms with E-state index in [9.17, 15) is 8.42 Å². The van der Waals surface area contributed by atoms with E-state index in [2.05, 4.69) is 10.5 Å². The number of aromatic nitrogens is 1. The van der Waals surface area contributed by atoms with Crippen LogP contribution in [0.4, 0.5) is 5.69 Å². The fourth-order valence-corrected chi connectivity index (χ4v) is 3.77. The van der Waals surface area contributed by atoms with Crippen LogP contribution < -0.4 is 5.32 Å². The van der Waals surface area contributed by atoms with Gasteiger partial charge in [0.2, 0.25) is 10.0 Å². The SMILES string of the molecule is Cc1noc(C)c1CNc1cccc2c1CCN(S(C)(=O)=O)C2. The molecule has 3 rings (SSSR count). The highest BCUT2D eigenvalue weighted by atomic mass is 32.2. The molecule has 7 heteroatoms. The van der Waals surface area contributed by atoms with Crippen LogP contribution in [0.5, 0.6) is 0 Å². The maximum atomic E-state index is 11.7. The molecular weight excluding hydrogens is 314 g/mol. The van der Waals surface area contributed by atoms with Gasteiger partial charge in [0, 0.05) is 30.9 Å². The molecule has 2 aromatic rings. The molecule has 0 aliphatic carbocycles. The topological polar surface area (TPSA) is 75.4 Å². The molecule has 23 heavy (non-hydrogen) atoms. The van der Waals surface area contributed by atoms with E-state index in [0.29, 0.717) is 26.1 Å². The van der Waals surface area contributed by atoms with E-state index in [0.717, 1.165) is 28.3 Å². The minimum absolute atomic E-state index is 0.439. The van der Waals surface area contributed by atoms with E-state index in [1.165, 1.54) is 16.1 Å². The van der Waals surface area contributed by atoms with Crippen LogP contribution in [-0.2, 0) is 29.5 Å². The summed E-state index contributed by atoms with van der Waals surface area (Å²) in [5.74, 6) is 0.822. The third kappa shape index (κ3) is 3.25. The maximum absolute atomic E-state index is 11.7. The quantitative estimate of drug-likeness (QED) is 0.927. The number of benzene rings is 1. The molecule has 1 aromatic carbocycles. The van der Waals surface area contributed by atoms with Crippen molar-refractivity contribution in [1.29, 1.82) is 0 Å². The molecule has 0 saturated carbocycles. The Hall–Kier alpha value is -1.86. The van der Waals surface area contributed by atoms with Crippen LogP contribution in [0.1, 0.15) is 28.1 Å². The van der Waals surface area contributed by atoms with Gasteiger partial charge >= 0.3 is 0 Å². The summed E-state index contributed by atoms with van der Waals surface area (Å²) in [4.78, 5) is 0. The van der Waals surface area contributed by atoms with Gasteiger partial charge < -0.3 is 9.84 Å². The highest BCUT2D eigenvalue weighted by Gasteiger charge is 2.24. The zero-order valence-corrected chi connectivity index (χ0v) is 14.4. The second kappa shape index (κ2) is 5.98. The number of hydrogen-bond donors (Lipinski definition) is 1. The number of rotatable bonds is 4. The number of nitrogens with zero attached hydrogens (tertiary/aromatic N) is 2. The normalized spacial score (nSPS) is 15.4. The summed E-state index contributed by atoms with van der Waals surface area (Å²) in [6.45, 7) is 5.44. The molecule has 1 aliphatic heterocycles. The minimum Gasteiger partial charge on any atom is -0.381 e. The van der Waals surface area contributed by atoms with Crippen molar-refractivity contribution in [1.82, 2.24) is 9.46 Å². The van der Waals surface area contributed by atoms with E-state index in [-0.39, 0.29) is 0 Å². The van der Waals surface area contributed by atoms with Crippen molar-refractivity contribution in [3.05, 3.63) is 46.3 Å². The summed E-state index contributed by atoms with van der Waals surface area (Å²) in [6.07, 6.45) is 1.98. The fourth-order valence-electron chi connectivity index (χ4n) is 2.97. The molecule has 0 amide bonds. The van der Waals surface area contributed by atoms with Crippen LogP contribution in [0.3, 0.4) is 0 Å². The molecule has 0 saturated heterocycles. The smallest absolute Gasteiger partial charge is 0.211 e. The summed E-state index contributed by atoms with van der Waals surface area (Å²) in [5, 5.41) is 7.41. The Morgan fingerprint density at radius 3 is 2.78 bits per heavy atom. The van der Waals surface area contributed by atoms with Gasteiger partial charge in [-0.1, -0.05) is 17.3 Å². The summed E-state index contributed by atoms with van der Waals surface area (Å²) >= 11 is 0. The largest absolute Gasteiger partial charge is 0.381 e. The van der Waals surface area contributed by atoms with Crippen LogP contribution in [0.15, 0.2) is 22.7 Å². The Balaban J connectivity index is 1.81. The molecule has 6 nitrogen and oxygen atoms in total. The first kappa shape index (κ1) is 16.0. The van der Waals surface area contributed by atoms with E-state index in [4.69, 9.17) is 4.52 Å². The lowest BCUT2D eigenvalue weighted by Crippen LogP contribution is -2.35. The molecule has 0 unspecified atom stereocenters. The van der Waals surface area contributed by atoms with Gasteiger partial charge in [-0.2, -0.15) is 4.31 Å². The summed E-state index contributed by atoms with van der Waals surface area (Å²) < 4.78 is 30.2. The molecule has 1 aromatic heterocycles. The van der Waals surface area contributed by atoms with Gasteiger partial charge in [-0.3, -0.25) is 0 Å². The van der Waals surface area contributed by atoms with Gasteiger partial charge in [0.05, 0.1) is 11.9 Å². The van der Waals surface area contributed by atoms with Crippen molar-refractivity contribution in [2.75, 3.05) is 18.1 Å². The second-order valence-corrected chi connectivity index (χ2v) is 7.93. The molecule has 0 atom stereocenters. The predicted octanol–water partition coefficient (Wildman–Crippen LogP) is 2.22. The van der Waals surface area contributed by atoms with Crippen molar-refractivity contribution in [2.24, 2.45) is 0 Å². The van der Waals surface area contributed by atoms with E-state index in [1.54, 1.807) is 0 Å².